The predicted molar refractivity (Wildman–Crippen MR) is 23.0 cm³/mol. The molecule has 0 heterocycles. The van der Waals surface area contributed by atoms with Gasteiger partial charge in [-0.05, 0) is 0 Å². The highest BCUT2D eigenvalue weighted by Crippen LogP contribution is 2.03. The predicted octanol–water partition coefficient (Wildman–Crippen LogP) is 0.468. The van der Waals surface area contributed by atoms with Crippen LogP contribution in [-0.4, -0.2) is 11.8 Å². The molecule has 0 saturated carbocycles. The van der Waals surface area contributed by atoms with E-state index >= 15 is 0 Å². The van der Waals surface area contributed by atoms with E-state index in [0.717, 1.165) is 0 Å². The summed E-state index contributed by atoms with van der Waals surface area (Å²) in [6.45, 7) is 0. The Morgan fingerprint density at radius 2 is 1.83 bits per heavy atom. The van der Waals surface area contributed by atoms with E-state index in [4.69, 9.17) is 0 Å². The summed E-state index contributed by atoms with van der Waals surface area (Å²) in [7, 11) is 0. The third-order valence-electron chi connectivity index (χ3n) is 0.211. The van der Waals surface area contributed by atoms with E-state index < -0.39 is 11.8 Å². The molecule has 0 unspecified atom stereocenters. The molecule has 0 fully saturated rings. The molecule has 0 spiro atoms. The highest BCUT2D eigenvalue weighted by molar-refractivity contribution is 7.80. The molecule has 2 N–H and O–H groups in total. The molecule has 0 aliphatic heterocycles. The molecule has 0 radical (unpaired) electrons. The molecule has 0 aliphatic rings. The molecule has 4 heteroatoms. The maximum atomic E-state index is 11.2. The van der Waals surface area contributed by atoms with Crippen LogP contribution in [0.2, 0.25) is 0 Å². The zero-order valence-corrected chi connectivity index (χ0v) is 3.88. The van der Waals surface area contributed by atoms with Crippen molar-refractivity contribution in [3.05, 3.63) is 0 Å². The Bertz CT molecular complexity index is 41.3. The smallest absolute Gasteiger partial charge is 0.271 e. The maximum Gasteiger partial charge on any atom is 0.308 e. The number of halogens is 2. The Balaban J connectivity index is 3.17. The van der Waals surface area contributed by atoms with Crippen LogP contribution in [0.3, 0.4) is 0 Å². The van der Waals surface area contributed by atoms with Crippen molar-refractivity contribution < 1.29 is 8.78 Å². The molecular weight excluding hydrogens is 108 g/mol. The lowest BCUT2D eigenvalue weighted by atomic mass is 10.7. The molecule has 0 saturated heterocycles. The van der Waals surface area contributed by atoms with Gasteiger partial charge in [-0.15, -0.1) is 0 Å². The van der Waals surface area contributed by atoms with Gasteiger partial charge in [-0.25, -0.2) is 0 Å². The van der Waals surface area contributed by atoms with Crippen molar-refractivity contribution in [2.45, 2.75) is 6.05 Å². The number of hydrogen-bond donors (Lipinski definition) is 2. The maximum absolute atomic E-state index is 11.2. The minimum absolute atomic E-state index is 0.590. The lowest BCUT2D eigenvalue weighted by molar-refractivity contribution is 0.0354. The molecule has 0 aromatic rings. The number of nitrogens with two attached hydrogens (primary N) is 1. The van der Waals surface area contributed by atoms with Gasteiger partial charge in [0.05, 0.1) is 5.75 Å². The molecular formula is C2H5F2NS. The number of hydrogen-bond acceptors (Lipinski definition) is 2. The zero-order chi connectivity index (χ0) is 5.21. The fourth-order valence-corrected chi connectivity index (χ4v) is 0. The van der Waals surface area contributed by atoms with Crippen LogP contribution in [0.1, 0.15) is 0 Å². The van der Waals surface area contributed by atoms with Crippen LogP contribution < -0.4 is 5.73 Å². The summed E-state index contributed by atoms with van der Waals surface area (Å²) in [5, 5.41) is 0. The fourth-order valence-electron chi connectivity index (χ4n) is 0. The van der Waals surface area contributed by atoms with Crippen LogP contribution >= 0.6 is 12.6 Å². The SMILES string of the molecule is NC(F)(F)CS. The molecule has 0 bridgehead atoms. The van der Waals surface area contributed by atoms with Gasteiger partial charge < -0.3 is 0 Å². The largest absolute Gasteiger partial charge is 0.308 e. The molecule has 0 atom stereocenters. The van der Waals surface area contributed by atoms with Gasteiger partial charge in [-0.3, -0.25) is 5.73 Å². The van der Waals surface area contributed by atoms with E-state index in [2.05, 4.69) is 18.4 Å². The van der Waals surface area contributed by atoms with Crippen LogP contribution in [0.25, 0.3) is 0 Å². The van der Waals surface area contributed by atoms with Crippen molar-refractivity contribution >= 4 is 12.6 Å². The number of alkyl halides is 2. The standard InChI is InChI=1S/C2H5F2NS/c3-2(4,5)1-6/h6H,1,5H2. The van der Waals surface area contributed by atoms with Crippen LogP contribution in [0.5, 0.6) is 0 Å². The lowest BCUT2D eigenvalue weighted by Gasteiger charge is -2.01. The van der Waals surface area contributed by atoms with Crippen LogP contribution in [0.15, 0.2) is 0 Å². The molecule has 0 amide bonds. The van der Waals surface area contributed by atoms with E-state index in [-0.39, 0.29) is 0 Å². The summed E-state index contributed by atoms with van der Waals surface area (Å²) in [5.74, 6) is -0.590. The van der Waals surface area contributed by atoms with Crippen molar-refractivity contribution in [2.75, 3.05) is 5.75 Å². The second-order valence-electron chi connectivity index (χ2n) is 0.919. The van der Waals surface area contributed by atoms with Crippen molar-refractivity contribution in [1.29, 1.82) is 0 Å². The first-order chi connectivity index (χ1) is 2.56. The number of rotatable bonds is 1. The van der Waals surface area contributed by atoms with Gasteiger partial charge in [0.2, 0.25) is 0 Å². The summed E-state index contributed by atoms with van der Waals surface area (Å²) < 4.78 is 22.3. The first-order valence-corrected chi connectivity index (χ1v) is 1.97. The Morgan fingerprint density at radius 3 is 1.83 bits per heavy atom. The molecule has 6 heavy (non-hydrogen) atoms. The average Bonchev–Trinajstić information content (AvgIpc) is 1.35. The first-order valence-electron chi connectivity index (χ1n) is 1.34. The van der Waals surface area contributed by atoms with Crippen LogP contribution in [0.4, 0.5) is 8.78 Å². The van der Waals surface area contributed by atoms with Crippen molar-refractivity contribution in [1.82, 2.24) is 0 Å². The van der Waals surface area contributed by atoms with Gasteiger partial charge in [0.15, 0.2) is 0 Å². The fraction of sp³-hybridized carbons (Fsp3) is 1.00. The van der Waals surface area contributed by atoms with E-state index in [1.165, 1.54) is 0 Å². The summed E-state index contributed by atoms with van der Waals surface area (Å²) in [5.41, 5.74) is 4.12. The topological polar surface area (TPSA) is 26.0 Å². The number of thiol groups is 1. The van der Waals surface area contributed by atoms with Crippen LogP contribution in [-0.2, 0) is 0 Å². The molecule has 0 rings (SSSR count). The minimum atomic E-state index is -3.09. The Kier molecular flexibility index (Phi) is 1.80. The average molecular weight is 113 g/mol. The third-order valence-corrected chi connectivity index (χ3v) is 0.632. The normalized spacial score (nSPS) is 12.0. The third kappa shape index (κ3) is 4.17. The molecule has 0 aromatic carbocycles. The summed E-state index contributed by atoms with van der Waals surface area (Å²) >= 11 is 3.23. The highest BCUT2D eigenvalue weighted by Gasteiger charge is 2.17. The summed E-state index contributed by atoms with van der Waals surface area (Å²) in [6.07, 6.45) is 0. The second-order valence-corrected chi connectivity index (χ2v) is 1.24. The molecule has 0 aliphatic carbocycles. The van der Waals surface area contributed by atoms with Crippen molar-refractivity contribution in [3.8, 4) is 0 Å². The molecule has 1 nitrogen and oxygen atoms in total. The van der Waals surface area contributed by atoms with E-state index in [1.807, 2.05) is 0 Å². The van der Waals surface area contributed by atoms with Gasteiger partial charge in [0.25, 0.3) is 0 Å². The minimum Gasteiger partial charge on any atom is -0.271 e. The molecule has 38 valence electrons. The summed E-state index contributed by atoms with van der Waals surface area (Å²) in [6, 6.07) is -3.09. The first kappa shape index (κ1) is 6.17. The summed E-state index contributed by atoms with van der Waals surface area (Å²) in [4.78, 5) is 0. The Labute approximate surface area is 39.9 Å². The van der Waals surface area contributed by atoms with E-state index in [1.54, 1.807) is 0 Å². The van der Waals surface area contributed by atoms with Gasteiger partial charge in [-0.2, -0.15) is 21.4 Å². The van der Waals surface area contributed by atoms with Gasteiger partial charge >= 0.3 is 6.05 Å². The molecule has 0 aromatic heterocycles. The zero-order valence-electron chi connectivity index (χ0n) is 2.99. The van der Waals surface area contributed by atoms with Gasteiger partial charge in [0, 0.05) is 0 Å². The van der Waals surface area contributed by atoms with Crippen molar-refractivity contribution in [2.24, 2.45) is 5.73 Å². The van der Waals surface area contributed by atoms with Gasteiger partial charge in [-0.1, -0.05) is 0 Å². The van der Waals surface area contributed by atoms with Crippen LogP contribution in [0, 0.1) is 0 Å². The van der Waals surface area contributed by atoms with E-state index in [0.29, 0.717) is 0 Å². The Morgan fingerprint density at radius 1 is 1.67 bits per heavy atom. The quantitative estimate of drug-likeness (QED) is 0.375. The van der Waals surface area contributed by atoms with E-state index in [9.17, 15) is 8.78 Å². The Hall–Kier alpha value is 0.170. The monoisotopic (exact) mass is 113 g/mol. The highest BCUT2D eigenvalue weighted by atomic mass is 32.1. The van der Waals surface area contributed by atoms with Gasteiger partial charge in [0.1, 0.15) is 0 Å². The lowest BCUT2D eigenvalue weighted by Crippen LogP contribution is -2.29. The second kappa shape index (κ2) is 1.75. The van der Waals surface area contributed by atoms with Crippen molar-refractivity contribution in [3.63, 3.8) is 0 Å².